The van der Waals surface area contributed by atoms with Gasteiger partial charge in [0.1, 0.15) is 0 Å². The summed E-state index contributed by atoms with van der Waals surface area (Å²) in [5, 5.41) is 4.69. The Bertz CT molecular complexity index is 1250. The smallest absolute Gasteiger partial charge is 0.519 e. The molecule has 0 N–H and O–H groups in total. The first-order chi connectivity index (χ1) is 11.9. The minimum absolute atomic E-state index is 0. The van der Waals surface area contributed by atoms with Gasteiger partial charge in [-0.1, -0.05) is 52.7 Å². The molecule has 1 aliphatic carbocycles. The summed E-state index contributed by atoms with van der Waals surface area (Å²) < 4.78 is 5.59. The van der Waals surface area contributed by atoms with Crippen molar-refractivity contribution >= 4 is 27.5 Å². The average Bonchev–Trinajstić information content (AvgIpc) is 3.35. The topological polar surface area (TPSA) is 25.5 Å². The van der Waals surface area contributed by atoms with Crippen molar-refractivity contribution in [1.82, 2.24) is 0 Å². The maximum Gasteiger partial charge on any atom is 2.00 e. The van der Waals surface area contributed by atoms with Crippen molar-refractivity contribution in [2.24, 2.45) is 4.99 Å². The Balaban J connectivity index is 0.000000121. The van der Waals surface area contributed by atoms with E-state index in [9.17, 15) is 0 Å². The minimum Gasteiger partial charge on any atom is -0.519 e. The standard InChI is InChI=1S/C11H6N.C11H7O.Ti/c2*1-2-6-10-8(4-1)9-5-3-7-11(9)12-10;/h1-4,6-7H;1-7H;/q2*-1;+2. The number of hydrogen-bond donors (Lipinski definition) is 0. The van der Waals surface area contributed by atoms with Crippen LogP contribution >= 0.6 is 0 Å². The van der Waals surface area contributed by atoms with Crippen LogP contribution in [0.4, 0.5) is 0 Å². The Morgan fingerprint density at radius 2 is 1.76 bits per heavy atom. The predicted octanol–water partition coefficient (Wildman–Crippen LogP) is 4.03. The summed E-state index contributed by atoms with van der Waals surface area (Å²) >= 11 is 0. The van der Waals surface area contributed by atoms with Crippen LogP contribution in [-0.4, -0.2) is 0 Å². The molecule has 25 heavy (non-hydrogen) atoms. The molecule has 0 saturated heterocycles. The van der Waals surface area contributed by atoms with Crippen LogP contribution in [0.3, 0.4) is 0 Å². The van der Waals surface area contributed by atoms with Gasteiger partial charge in [0.15, 0.2) is 0 Å². The number of nitrogens with zero attached hydrogens (tertiary/aromatic N) is 1. The van der Waals surface area contributed by atoms with Gasteiger partial charge in [0.05, 0.1) is 5.58 Å². The normalized spacial score (nSPS) is 13.6. The van der Waals surface area contributed by atoms with E-state index in [0.29, 0.717) is 0 Å². The zero-order valence-corrected chi connectivity index (χ0v) is 14.9. The summed E-state index contributed by atoms with van der Waals surface area (Å²) in [5.74, 6) is 0. The van der Waals surface area contributed by atoms with E-state index < -0.39 is 0 Å². The summed E-state index contributed by atoms with van der Waals surface area (Å²) in [4.78, 5) is 4.44. The Kier molecular flexibility index (Phi) is 4.08. The quantitative estimate of drug-likeness (QED) is 0.345. The molecule has 4 aromatic rings. The molecule has 6 rings (SSSR count). The molecule has 0 unspecified atom stereocenters. The van der Waals surface area contributed by atoms with E-state index in [2.05, 4.69) is 29.3 Å². The van der Waals surface area contributed by atoms with Gasteiger partial charge >= 0.3 is 21.7 Å². The zero-order chi connectivity index (χ0) is 15.9. The molecule has 3 heteroatoms. The molecule has 0 spiro atoms. The van der Waals surface area contributed by atoms with Crippen molar-refractivity contribution in [3.05, 3.63) is 101 Å². The monoisotopic (exact) mass is 355 g/mol. The number of rotatable bonds is 0. The van der Waals surface area contributed by atoms with Crippen LogP contribution in [0.15, 0.2) is 94.0 Å². The number of allylic oxidation sites excluding steroid dienone is 3. The van der Waals surface area contributed by atoms with E-state index in [4.69, 9.17) is 4.42 Å². The van der Waals surface area contributed by atoms with E-state index in [1.807, 2.05) is 60.7 Å². The SMILES string of the molecule is [C-]1=CC=C2N=c3ccccc3=C12.[Ti+2].c1ccc2c(c1)oc1cc[cH-]c12. The van der Waals surface area contributed by atoms with Crippen molar-refractivity contribution in [2.45, 2.75) is 0 Å². The second-order valence-electron chi connectivity index (χ2n) is 5.77. The second-order valence-corrected chi connectivity index (χ2v) is 5.77. The summed E-state index contributed by atoms with van der Waals surface area (Å²) in [6.07, 6.45) is 7.10. The third kappa shape index (κ3) is 2.64. The van der Waals surface area contributed by atoms with Gasteiger partial charge < -0.3 is 9.41 Å². The van der Waals surface area contributed by atoms with E-state index in [-0.39, 0.29) is 21.7 Å². The van der Waals surface area contributed by atoms with Crippen molar-refractivity contribution in [3.63, 3.8) is 0 Å². The molecule has 2 heterocycles. The number of furan rings is 1. The summed E-state index contributed by atoms with van der Waals surface area (Å²) in [7, 11) is 0. The van der Waals surface area contributed by atoms with Crippen LogP contribution < -0.4 is 10.6 Å². The Labute approximate surface area is 159 Å². The van der Waals surface area contributed by atoms with Gasteiger partial charge in [-0.05, 0) is 12.1 Å². The number of fused-ring (bicyclic) bond motifs is 5. The van der Waals surface area contributed by atoms with Gasteiger partial charge in [-0.15, -0.1) is 29.2 Å². The first kappa shape index (κ1) is 16.0. The third-order valence-corrected chi connectivity index (χ3v) is 4.31. The van der Waals surface area contributed by atoms with Crippen LogP contribution in [0.2, 0.25) is 0 Å². The van der Waals surface area contributed by atoms with Gasteiger partial charge in [-0.2, -0.15) is 18.2 Å². The Morgan fingerprint density at radius 3 is 2.72 bits per heavy atom. The van der Waals surface area contributed by atoms with E-state index in [1.165, 1.54) is 16.0 Å². The van der Waals surface area contributed by atoms with Crippen molar-refractivity contribution in [1.29, 1.82) is 0 Å². The molecule has 2 nitrogen and oxygen atoms in total. The molecule has 0 fully saturated rings. The Morgan fingerprint density at radius 1 is 0.920 bits per heavy atom. The van der Waals surface area contributed by atoms with Gasteiger partial charge in [0.2, 0.25) is 0 Å². The molecule has 1 aliphatic heterocycles. The molecule has 0 radical (unpaired) electrons. The fourth-order valence-electron chi connectivity index (χ4n) is 3.19. The first-order valence-electron chi connectivity index (χ1n) is 7.91. The van der Waals surface area contributed by atoms with E-state index in [1.54, 1.807) is 0 Å². The van der Waals surface area contributed by atoms with Crippen LogP contribution in [0, 0.1) is 6.08 Å². The van der Waals surface area contributed by atoms with E-state index >= 15 is 0 Å². The number of hydrogen-bond acceptors (Lipinski definition) is 2. The molecule has 1 aromatic heterocycles. The summed E-state index contributed by atoms with van der Waals surface area (Å²) in [5.41, 5.74) is 4.15. The molecule has 116 valence electrons. The summed E-state index contributed by atoms with van der Waals surface area (Å²) in [6, 6.07) is 22.4. The average molecular weight is 355 g/mol. The van der Waals surface area contributed by atoms with Crippen LogP contribution in [0.25, 0.3) is 27.5 Å². The zero-order valence-electron chi connectivity index (χ0n) is 13.4. The predicted molar refractivity (Wildman–Crippen MR) is 95.8 cm³/mol. The molecule has 0 amide bonds. The van der Waals surface area contributed by atoms with Crippen LogP contribution in [0.1, 0.15) is 0 Å². The van der Waals surface area contributed by atoms with Crippen molar-refractivity contribution in [2.75, 3.05) is 0 Å². The molecular formula is C22H13NOTi. The molecule has 0 saturated carbocycles. The molecule has 2 aliphatic rings. The van der Waals surface area contributed by atoms with Crippen molar-refractivity contribution in [3.8, 4) is 0 Å². The second kappa shape index (κ2) is 6.40. The van der Waals surface area contributed by atoms with E-state index in [0.717, 1.165) is 27.8 Å². The molecule has 0 bridgehead atoms. The fraction of sp³-hybridized carbons (Fsp3) is 0. The number of benzene rings is 2. The molecule has 0 atom stereocenters. The fourth-order valence-corrected chi connectivity index (χ4v) is 3.19. The van der Waals surface area contributed by atoms with Crippen LogP contribution in [-0.2, 0) is 21.7 Å². The largest absolute Gasteiger partial charge is 2.00 e. The summed E-state index contributed by atoms with van der Waals surface area (Å²) in [6.45, 7) is 0. The van der Waals surface area contributed by atoms with Gasteiger partial charge in [-0.3, -0.25) is 0 Å². The molecule has 3 aromatic carbocycles. The maximum absolute atomic E-state index is 5.59. The first-order valence-corrected chi connectivity index (χ1v) is 7.91. The third-order valence-electron chi connectivity index (χ3n) is 4.31. The number of para-hydroxylation sites is 2. The maximum atomic E-state index is 5.59. The van der Waals surface area contributed by atoms with Gasteiger partial charge in [0.25, 0.3) is 0 Å². The Hall–Kier alpha value is -2.55. The van der Waals surface area contributed by atoms with Gasteiger partial charge in [0, 0.05) is 10.9 Å². The van der Waals surface area contributed by atoms with Crippen molar-refractivity contribution < 1.29 is 26.1 Å². The molecular weight excluding hydrogens is 342 g/mol. The minimum atomic E-state index is 0. The van der Waals surface area contributed by atoms with Gasteiger partial charge in [-0.25, -0.2) is 0 Å². The van der Waals surface area contributed by atoms with Crippen LogP contribution in [0.5, 0.6) is 0 Å².